The molecule has 0 heterocycles. The third kappa shape index (κ3) is 4.22. The molecule has 0 bridgehead atoms. The molecule has 0 saturated heterocycles. The van der Waals surface area contributed by atoms with Gasteiger partial charge in [-0.25, -0.2) is 9.18 Å². The van der Waals surface area contributed by atoms with Gasteiger partial charge in [0.25, 0.3) is 0 Å². The van der Waals surface area contributed by atoms with Crippen LogP contribution in [0.4, 0.5) is 83.4 Å². The van der Waals surface area contributed by atoms with E-state index < -0.39 is 78.1 Å². The Balaban J connectivity index is 6.98. The summed E-state index contributed by atoms with van der Waals surface area (Å²) < 4.78 is 256. The Labute approximate surface area is 186 Å². The number of rotatable bonds is 11. The minimum atomic E-state index is -9.00. The van der Waals surface area contributed by atoms with Crippen molar-refractivity contribution in [3.63, 3.8) is 0 Å². The van der Waals surface area contributed by atoms with E-state index in [-0.39, 0.29) is 0 Å². The van der Waals surface area contributed by atoms with Gasteiger partial charge in [0.05, 0.1) is 0 Å². The summed E-state index contributed by atoms with van der Waals surface area (Å²) in [5.41, 5.74) is -1.36. The van der Waals surface area contributed by atoms with Crippen LogP contribution in [0.2, 0.25) is 0 Å². The van der Waals surface area contributed by atoms with E-state index >= 15 is 0 Å². The summed E-state index contributed by atoms with van der Waals surface area (Å²) >= 11 is 0. The molecule has 0 aliphatic heterocycles. The Morgan fingerprint density at radius 2 is 0.833 bits per heavy atom. The number of hydrogen-bond acceptors (Lipinski definition) is 2. The zero-order valence-electron chi connectivity index (χ0n) is 16.8. The van der Waals surface area contributed by atoms with Gasteiger partial charge < -0.3 is 4.74 Å². The fraction of sp³-hybridized carbons (Fsp3) is 0.800. The van der Waals surface area contributed by atoms with E-state index in [0.717, 1.165) is 0 Å². The van der Waals surface area contributed by atoms with E-state index in [2.05, 4.69) is 11.3 Å². The summed E-state index contributed by atoms with van der Waals surface area (Å²) in [6.45, 7) is 2.03. The molecule has 0 aliphatic rings. The SMILES string of the molecule is C=C(C)C(=O)OC(F)(F)C(F)(F)C(F)(F)C(F)(F)C(F)(F)C(F)(F)C(F)(F)C(F)(F)C(F)(F)C(C)F. The van der Waals surface area contributed by atoms with Crippen LogP contribution in [-0.4, -0.2) is 65.6 Å². The van der Waals surface area contributed by atoms with Crippen molar-refractivity contribution in [2.45, 2.75) is 73.5 Å². The van der Waals surface area contributed by atoms with Crippen molar-refractivity contribution in [2.75, 3.05) is 0 Å². The summed E-state index contributed by atoms with van der Waals surface area (Å²) in [5, 5.41) is 0. The first-order valence-electron chi connectivity index (χ1n) is 8.20. The van der Waals surface area contributed by atoms with E-state index in [1.165, 1.54) is 0 Å². The zero-order chi connectivity index (χ0) is 29.9. The number of hydrogen-bond donors (Lipinski definition) is 0. The van der Waals surface area contributed by atoms with Crippen molar-refractivity contribution in [1.29, 1.82) is 0 Å². The van der Waals surface area contributed by atoms with Crippen molar-refractivity contribution in [2.24, 2.45) is 0 Å². The second kappa shape index (κ2) is 8.73. The number of carbonyl (C=O) groups is 1. The average Bonchev–Trinajstić information content (AvgIpc) is 2.65. The molecule has 0 amide bonds. The van der Waals surface area contributed by atoms with Gasteiger partial charge in [0.15, 0.2) is 6.17 Å². The average molecular weight is 582 g/mol. The van der Waals surface area contributed by atoms with Crippen LogP contribution >= 0.6 is 0 Å². The first-order valence-corrected chi connectivity index (χ1v) is 8.20. The Morgan fingerprint density at radius 3 is 1.08 bits per heavy atom. The summed E-state index contributed by atoms with van der Waals surface area (Å²) in [6, 6.07) is 0. The van der Waals surface area contributed by atoms with Crippen LogP contribution in [-0.2, 0) is 9.53 Å². The van der Waals surface area contributed by atoms with Gasteiger partial charge in [-0.3, -0.25) is 0 Å². The molecule has 214 valence electrons. The molecule has 1 atom stereocenters. The molecule has 0 N–H and O–H groups in total. The van der Waals surface area contributed by atoms with Gasteiger partial charge in [0, 0.05) is 5.57 Å². The maximum absolute atomic E-state index is 13.6. The first-order chi connectivity index (χ1) is 15.3. The number of alkyl halides is 19. The molecule has 0 rings (SSSR count). The highest BCUT2D eigenvalue weighted by Crippen LogP contribution is 2.65. The van der Waals surface area contributed by atoms with Gasteiger partial charge in [0.2, 0.25) is 0 Å². The molecule has 0 spiro atoms. The fourth-order valence-electron chi connectivity index (χ4n) is 1.90. The summed E-state index contributed by atoms with van der Waals surface area (Å²) in [6.07, 6.45) is -12.0. The van der Waals surface area contributed by atoms with E-state index in [4.69, 9.17) is 0 Å². The molecule has 0 aliphatic carbocycles. The quantitative estimate of drug-likeness (QED) is 0.147. The molecule has 0 aromatic carbocycles. The molecule has 0 aromatic heterocycles. The van der Waals surface area contributed by atoms with E-state index in [1.807, 2.05) is 0 Å². The highest BCUT2D eigenvalue weighted by atomic mass is 19.4. The Kier molecular flexibility index (Phi) is 8.21. The summed E-state index contributed by atoms with van der Waals surface area (Å²) in [7, 11) is 0. The molecule has 0 aromatic rings. The highest BCUT2D eigenvalue weighted by molar-refractivity contribution is 5.87. The molecule has 21 heteroatoms. The summed E-state index contributed by atoms with van der Waals surface area (Å²) in [5.74, 6) is -70.4. The van der Waals surface area contributed by atoms with E-state index in [1.54, 1.807) is 0 Å². The maximum Gasteiger partial charge on any atom is 0.473 e. The Morgan fingerprint density at radius 1 is 0.583 bits per heavy atom. The maximum atomic E-state index is 13.6. The molecule has 0 radical (unpaired) electrons. The minimum absolute atomic E-state index is 0.342. The predicted molar refractivity (Wildman–Crippen MR) is 76.0 cm³/mol. The molecular weight excluding hydrogens is 573 g/mol. The second-order valence-electron chi connectivity index (χ2n) is 6.95. The standard InChI is InChI=1S/C15H9F19O2/c1-4(2)6(35)36-15(33,34)14(31,32)13(29,30)12(27,28)11(25,26)10(23,24)9(21,22)8(19,20)7(17,18)5(3)16/h5H,1H2,2-3H3. The third-order valence-electron chi connectivity index (χ3n) is 4.22. The normalized spacial score (nSPS) is 16.6. The van der Waals surface area contributed by atoms with Crippen LogP contribution in [0.3, 0.4) is 0 Å². The Hall–Kier alpha value is -2.12. The van der Waals surface area contributed by atoms with Crippen molar-refractivity contribution < 1.29 is 92.9 Å². The number of halogens is 19. The van der Waals surface area contributed by atoms with Gasteiger partial charge >= 0.3 is 59.5 Å². The number of esters is 1. The molecule has 2 nitrogen and oxygen atoms in total. The zero-order valence-corrected chi connectivity index (χ0v) is 16.8. The van der Waals surface area contributed by atoms with Gasteiger partial charge in [-0.15, -0.1) is 0 Å². The molecule has 36 heavy (non-hydrogen) atoms. The van der Waals surface area contributed by atoms with Crippen LogP contribution < -0.4 is 0 Å². The van der Waals surface area contributed by atoms with Crippen LogP contribution in [0.15, 0.2) is 12.2 Å². The van der Waals surface area contributed by atoms with Crippen molar-refractivity contribution in [3.8, 4) is 0 Å². The largest absolute Gasteiger partial charge is 0.473 e. The lowest BCUT2D eigenvalue weighted by Crippen LogP contribution is -2.76. The van der Waals surface area contributed by atoms with Gasteiger partial charge in [-0.05, 0) is 13.8 Å². The minimum Gasteiger partial charge on any atom is -0.393 e. The summed E-state index contributed by atoms with van der Waals surface area (Å²) in [4.78, 5) is 10.8. The molecule has 0 saturated carbocycles. The van der Waals surface area contributed by atoms with Crippen LogP contribution in [0, 0.1) is 0 Å². The van der Waals surface area contributed by atoms with Crippen molar-refractivity contribution in [3.05, 3.63) is 12.2 Å². The van der Waals surface area contributed by atoms with Gasteiger partial charge in [-0.1, -0.05) is 6.58 Å². The van der Waals surface area contributed by atoms with Gasteiger partial charge in [-0.2, -0.15) is 79.0 Å². The lowest BCUT2D eigenvalue weighted by molar-refractivity contribution is -0.474. The third-order valence-corrected chi connectivity index (χ3v) is 4.22. The van der Waals surface area contributed by atoms with Crippen LogP contribution in [0.1, 0.15) is 13.8 Å². The van der Waals surface area contributed by atoms with E-state index in [0.29, 0.717) is 6.92 Å². The molecule has 1 unspecified atom stereocenters. The van der Waals surface area contributed by atoms with E-state index in [9.17, 15) is 88.2 Å². The Bertz CT molecular complexity index is 857. The number of carbonyl (C=O) groups excluding carboxylic acids is 1. The van der Waals surface area contributed by atoms with Crippen molar-refractivity contribution in [1.82, 2.24) is 0 Å². The monoisotopic (exact) mass is 582 g/mol. The smallest absolute Gasteiger partial charge is 0.393 e. The molecular formula is C15H9F19O2. The van der Waals surface area contributed by atoms with Crippen LogP contribution in [0.5, 0.6) is 0 Å². The van der Waals surface area contributed by atoms with Crippen molar-refractivity contribution >= 4 is 5.97 Å². The topological polar surface area (TPSA) is 26.3 Å². The predicted octanol–water partition coefficient (Wildman–Crippen LogP) is 7.14. The lowest BCUT2D eigenvalue weighted by Gasteiger charge is -2.44. The molecule has 0 fully saturated rings. The lowest BCUT2D eigenvalue weighted by atomic mass is 9.86. The second-order valence-corrected chi connectivity index (χ2v) is 6.95. The van der Waals surface area contributed by atoms with Gasteiger partial charge in [0.1, 0.15) is 0 Å². The number of ether oxygens (including phenoxy) is 1. The van der Waals surface area contributed by atoms with Crippen LogP contribution in [0.25, 0.3) is 0 Å². The highest BCUT2D eigenvalue weighted by Gasteiger charge is 2.97. The first kappa shape index (κ1) is 33.9. The fourth-order valence-corrected chi connectivity index (χ4v) is 1.90.